The summed E-state index contributed by atoms with van der Waals surface area (Å²) in [6.07, 6.45) is -2.24. The molecule has 0 amide bonds. The van der Waals surface area contributed by atoms with Gasteiger partial charge < -0.3 is 0 Å². The van der Waals surface area contributed by atoms with E-state index in [0.717, 1.165) is 49.3 Å². The highest BCUT2D eigenvalue weighted by atomic mass is 35.5. The second-order valence-corrected chi connectivity index (χ2v) is 8.63. The van der Waals surface area contributed by atoms with E-state index in [1.807, 2.05) is 5.01 Å². The first-order valence-electron chi connectivity index (χ1n) is 9.57. The maximum Gasteiger partial charge on any atom is 0.416 e. The van der Waals surface area contributed by atoms with E-state index in [9.17, 15) is 13.2 Å². The van der Waals surface area contributed by atoms with E-state index >= 15 is 0 Å². The number of hydrogen-bond acceptors (Lipinski definition) is 3. The Morgan fingerprint density at radius 2 is 1.62 bits per heavy atom. The average Bonchev–Trinajstić information content (AvgIpc) is 3.12. The van der Waals surface area contributed by atoms with Crippen molar-refractivity contribution in [3.05, 3.63) is 63.6 Å². The van der Waals surface area contributed by atoms with E-state index in [-0.39, 0.29) is 12.1 Å². The fourth-order valence-electron chi connectivity index (χ4n) is 4.78. The highest BCUT2D eigenvalue weighted by Gasteiger charge is 2.50. The highest BCUT2D eigenvalue weighted by molar-refractivity contribution is 6.35. The number of halogens is 5. The van der Waals surface area contributed by atoms with Gasteiger partial charge in [-0.3, -0.25) is 9.91 Å². The zero-order valence-electron chi connectivity index (χ0n) is 15.3. The molecule has 152 valence electrons. The van der Waals surface area contributed by atoms with Crippen LogP contribution in [0.1, 0.15) is 30.0 Å². The van der Waals surface area contributed by atoms with Crippen molar-refractivity contribution in [1.29, 1.82) is 0 Å². The molecule has 0 aliphatic carbocycles. The molecule has 2 atom stereocenters. The number of hydrazone groups is 1. The molecule has 2 aromatic carbocycles. The summed E-state index contributed by atoms with van der Waals surface area (Å²) in [4.78, 5) is 2.39. The van der Waals surface area contributed by atoms with Crippen LogP contribution in [-0.4, -0.2) is 29.7 Å². The normalized spacial score (nSPS) is 28.4. The molecule has 0 spiro atoms. The van der Waals surface area contributed by atoms with E-state index in [4.69, 9.17) is 28.3 Å². The second kappa shape index (κ2) is 6.89. The van der Waals surface area contributed by atoms with Gasteiger partial charge in [0.1, 0.15) is 0 Å². The van der Waals surface area contributed by atoms with Crippen molar-refractivity contribution >= 4 is 34.6 Å². The van der Waals surface area contributed by atoms with Gasteiger partial charge in [0.05, 0.1) is 34.1 Å². The number of fused-ring (bicyclic) bond motifs is 2. The molecular weight excluding hydrogens is 422 g/mol. The lowest BCUT2D eigenvalue weighted by Gasteiger charge is -2.46. The monoisotopic (exact) mass is 439 g/mol. The smallest absolute Gasteiger partial charge is 0.293 e. The molecule has 0 aromatic heterocycles. The Balaban J connectivity index is 1.61. The fraction of sp³-hybridized carbons (Fsp3) is 0.381. The predicted octanol–water partition coefficient (Wildman–Crippen LogP) is 6.02. The molecule has 8 heteroatoms. The zero-order chi connectivity index (χ0) is 20.3. The van der Waals surface area contributed by atoms with E-state index in [1.54, 1.807) is 30.3 Å². The molecule has 3 nitrogen and oxygen atoms in total. The third-order valence-corrected chi connectivity index (χ3v) is 6.72. The molecule has 4 heterocycles. The third kappa shape index (κ3) is 3.22. The Morgan fingerprint density at radius 3 is 2.28 bits per heavy atom. The minimum absolute atomic E-state index is 0.0364. The Hall–Kier alpha value is -1.76. The summed E-state index contributed by atoms with van der Waals surface area (Å²) in [5.41, 5.74) is 1.90. The number of rotatable bonds is 2. The van der Waals surface area contributed by atoms with Gasteiger partial charge in [-0.15, -0.1) is 0 Å². The minimum atomic E-state index is -4.36. The fourth-order valence-corrected chi connectivity index (χ4v) is 5.15. The Bertz CT molecular complexity index is 966. The molecule has 4 aliphatic rings. The molecule has 3 fully saturated rings. The predicted molar refractivity (Wildman–Crippen MR) is 109 cm³/mol. The first-order valence-corrected chi connectivity index (χ1v) is 10.3. The Kier molecular flexibility index (Phi) is 4.57. The number of benzene rings is 2. The van der Waals surface area contributed by atoms with Crippen LogP contribution in [0.3, 0.4) is 0 Å². The SMILES string of the molecule is FC(F)(F)c1ccc(C2C3C(=NN2c2cc(Cl)ccc2Cl)C2CCN3CC2)cc1. The van der Waals surface area contributed by atoms with Gasteiger partial charge in [0.25, 0.3) is 0 Å². The van der Waals surface area contributed by atoms with Gasteiger partial charge in [-0.2, -0.15) is 18.3 Å². The molecule has 2 unspecified atom stereocenters. The van der Waals surface area contributed by atoms with Crippen molar-refractivity contribution in [2.45, 2.75) is 31.1 Å². The first kappa shape index (κ1) is 19.2. The molecule has 4 aliphatic heterocycles. The number of anilines is 1. The van der Waals surface area contributed by atoms with Gasteiger partial charge in [0.2, 0.25) is 0 Å². The summed E-state index contributed by atoms with van der Waals surface area (Å²) in [7, 11) is 0. The van der Waals surface area contributed by atoms with Gasteiger partial charge in [-0.05, 0) is 61.8 Å². The topological polar surface area (TPSA) is 18.8 Å². The second-order valence-electron chi connectivity index (χ2n) is 7.78. The summed E-state index contributed by atoms with van der Waals surface area (Å²) in [6.45, 7) is 1.95. The van der Waals surface area contributed by atoms with Crippen molar-refractivity contribution in [3.63, 3.8) is 0 Å². The van der Waals surface area contributed by atoms with Crippen LogP contribution in [0, 0.1) is 5.92 Å². The van der Waals surface area contributed by atoms with Crippen molar-refractivity contribution in [2.75, 3.05) is 18.1 Å². The van der Waals surface area contributed by atoms with Crippen LogP contribution in [-0.2, 0) is 6.18 Å². The van der Waals surface area contributed by atoms with Gasteiger partial charge in [0, 0.05) is 10.9 Å². The number of hydrogen-bond donors (Lipinski definition) is 0. The summed E-state index contributed by atoms with van der Waals surface area (Å²) >= 11 is 12.7. The lowest BCUT2D eigenvalue weighted by atomic mass is 9.78. The standard InChI is InChI=1S/C21H18Cl2F3N3/c22-15-5-6-16(23)17(11-15)29-19(13-1-3-14(4-2-13)21(24,25)26)20-18(27-29)12-7-9-28(20)10-8-12/h1-6,11-12,19-20H,7-10H2. The summed E-state index contributed by atoms with van der Waals surface area (Å²) in [6, 6.07) is 10.4. The van der Waals surface area contributed by atoms with Crippen molar-refractivity contribution in [2.24, 2.45) is 11.0 Å². The van der Waals surface area contributed by atoms with Crippen molar-refractivity contribution in [3.8, 4) is 0 Å². The third-order valence-electron chi connectivity index (χ3n) is 6.16. The van der Waals surface area contributed by atoms with E-state index in [2.05, 4.69) is 4.90 Å². The first-order chi connectivity index (χ1) is 13.8. The summed E-state index contributed by atoms with van der Waals surface area (Å²) in [5, 5.41) is 7.84. The Labute approximate surface area is 176 Å². The molecule has 0 N–H and O–H groups in total. The van der Waals surface area contributed by atoms with Gasteiger partial charge in [0.15, 0.2) is 0 Å². The quantitative estimate of drug-likeness (QED) is 0.569. The van der Waals surface area contributed by atoms with E-state index < -0.39 is 11.7 Å². The van der Waals surface area contributed by atoms with Crippen LogP contribution in [0.4, 0.5) is 18.9 Å². The average molecular weight is 440 g/mol. The number of piperidine rings is 3. The van der Waals surface area contributed by atoms with Gasteiger partial charge in [-0.25, -0.2) is 0 Å². The summed E-state index contributed by atoms with van der Waals surface area (Å²) in [5.74, 6) is 0.407. The molecule has 6 rings (SSSR count). The molecule has 0 radical (unpaired) electrons. The number of alkyl halides is 3. The van der Waals surface area contributed by atoms with Gasteiger partial charge in [-0.1, -0.05) is 35.3 Å². The summed E-state index contributed by atoms with van der Waals surface area (Å²) < 4.78 is 39.2. The maximum absolute atomic E-state index is 13.1. The van der Waals surface area contributed by atoms with Crippen molar-refractivity contribution in [1.82, 2.24) is 4.90 Å². The van der Waals surface area contributed by atoms with Gasteiger partial charge >= 0.3 is 6.18 Å². The Morgan fingerprint density at radius 1 is 0.931 bits per heavy atom. The van der Waals surface area contributed by atoms with Crippen LogP contribution in [0.2, 0.25) is 10.0 Å². The van der Waals surface area contributed by atoms with E-state index in [1.165, 1.54) is 0 Å². The number of nitrogens with zero attached hydrogens (tertiary/aromatic N) is 3. The van der Waals surface area contributed by atoms with E-state index in [0.29, 0.717) is 21.7 Å². The molecule has 2 bridgehead atoms. The zero-order valence-corrected chi connectivity index (χ0v) is 16.8. The van der Waals surface area contributed by atoms with Crippen molar-refractivity contribution < 1.29 is 13.2 Å². The van der Waals surface area contributed by atoms with Crippen LogP contribution in [0.25, 0.3) is 0 Å². The van der Waals surface area contributed by atoms with Crippen LogP contribution in [0.5, 0.6) is 0 Å². The van der Waals surface area contributed by atoms with Crippen LogP contribution < -0.4 is 5.01 Å². The highest BCUT2D eigenvalue weighted by Crippen LogP contribution is 2.47. The largest absolute Gasteiger partial charge is 0.416 e. The lowest BCUT2D eigenvalue weighted by Crippen LogP contribution is -2.56. The molecule has 0 saturated carbocycles. The molecule has 2 aromatic rings. The minimum Gasteiger partial charge on any atom is -0.293 e. The molecular formula is C21H18Cl2F3N3. The lowest BCUT2D eigenvalue weighted by molar-refractivity contribution is -0.137. The maximum atomic E-state index is 13.1. The van der Waals surface area contributed by atoms with Crippen LogP contribution >= 0.6 is 23.2 Å². The molecule has 29 heavy (non-hydrogen) atoms. The van der Waals surface area contributed by atoms with Crippen LogP contribution in [0.15, 0.2) is 47.6 Å². The molecule has 3 saturated heterocycles.